The number of aromatic nitrogens is 2. The summed E-state index contributed by atoms with van der Waals surface area (Å²) in [7, 11) is 1.55. The average Bonchev–Trinajstić information content (AvgIpc) is 3.37. The summed E-state index contributed by atoms with van der Waals surface area (Å²) in [6, 6.07) is 8.94. The number of nitriles is 2. The molecule has 0 radical (unpaired) electrons. The molecule has 2 aromatic rings. The summed E-state index contributed by atoms with van der Waals surface area (Å²) in [6.07, 6.45) is 2.10. The summed E-state index contributed by atoms with van der Waals surface area (Å²) in [5.74, 6) is 0.187. The minimum atomic E-state index is -4.61. The van der Waals surface area contributed by atoms with Gasteiger partial charge in [0.05, 0.1) is 11.4 Å². The molecule has 0 unspecified atom stereocenters. The zero-order chi connectivity index (χ0) is 22.4. The van der Waals surface area contributed by atoms with Crippen molar-refractivity contribution in [3.05, 3.63) is 29.6 Å². The average molecular weight is 454 g/mol. The highest BCUT2D eigenvalue weighted by atomic mass is 32.2. The van der Waals surface area contributed by atoms with Gasteiger partial charge in [0, 0.05) is 25.8 Å². The van der Waals surface area contributed by atoms with Crippen LogP contribution in [0, 0.1) is 22.7 Å². The fraction of sp³-hybridized carbons (Fsp3) is 0.353. The minimum absolute atomic E-state index is 0.0436. The summed E-state index contributed by atoms with van der Waals surface area (Å²) in [5, 5.41) is 18.2. The van der Waals surface area contributed by atoms with Gasteiger partial charge in [0.25, 0.3) is 0 Å². The maximum absolute atomic E-state index is 12.2. The normalized spacial score (nSPS) is 13.5. The molecule has 0 atom stereocenters. The topological polar surface area (TPSA) is 123 Å². The summed E-state index contributed by atoms with van der Waals surface area (Å²) >= 11 is -0.796. The van der Waals surface area contributed by atoms with Crippen LogP contribution in [0.25, 0.3) is 0 Å². The second-order valence-corrected chi connectivity index (χ2v) is 7.14. The standard InChI is InChI=1S/C17H17F3N8O2S/c1-27-15(10-22)14(9-21)23-16(27)25-24-12-5-4-11(28-6-2-3-7-28)8-13(12)26-29-30-31-17(18,19)20/h4-5,8,24,26H,2-3,6-7H2,1H3,(H,23,25). The van der Waals surface area contributed by atoms with Gasteiger partial charge in [-0.15, -0.1) is 9.32 Å². The highest BCUT2D eigenvalue weighted by Gasteiger charge is 2.31. The van der Waals surface area contributed by atoms with E-state index in [0.29, 0.717) is 5.69 Å². The molecule has 1 saturated heterocycles. The maximum Gasteiger partial charge on any atom is 0.471 e. The molecule has 2 heterocycles. The Morgan fingerprint density at radius 2 is 1.87 bits per heavy atom. The first-order valence-corrected chi connectivity index (χ1v) is 9.68. The van der Waals surface area contributed by atoms with Crippen LogP contribution in [-0.4, -0.2) is 28.1 Å². The molecule has 1 aromatic carbocycles. The molecule has 10 nitrogen and oxygen atoms in total. The van der Waals surface area contributed by atoms with Gasteiger partial charge in [-0.1, -0.05) is 0 Å². The maximum atomic E-state index is 12.2. The van der Waals surface area contributed by atoms with E-state index in [4.69, 9.17) is 10.5 Å². The van der Waals surface area contributed by atoms with Crippen molar-refractivity contribution in [2.45, 2.75) is 18.3 Å². The van der Waals surface area contributed by atoms with Crippen molar-refractivity contribution in [3.8, 4) is 12.1 Å². The first-order valence-electron chi connectivity index (χ1n) is 8.94. The van der Waals surface area contributed by atoms with Crippen molar-refractivity contribution >= 4 is 35.1 Å². The fourth-order valence-corrected chi connectivity index (χ4v) is 3.10. The van der Waals surface area contributed by atoms with Crippen molar-refractivity contribution in [3.63, 3.8) is 0 Å². The van der Waals surface area contributed by atoms with Gasteiger partial charge in [0.15, 0.2) is 11.4 Å². The van der Waals surface area contributed by atoms with Crippen molar-refractivity contribution in [2.24, 2.45) is 7.05 Å². The first-order chi connectivity index (χ1) is 14.8. The first kappa shape index (κ1) is 22.4. The number of benzene rings is 1. The zero-order valence-corrected chi connectivity index (χ0v) is 17.0. The van der Waals surface area contributed by atoms with Crippen LogP contribution in [0.5, 0.6) is 0 Å². The smallest absolute Gasteiger partial charge is 0.371 e. The van der Waals surface area contributed by atoms with Gasteiger partial charge >= 0.3 is 5.51 Å². The van der Waals surface area contributed by atoms with Gasteiger partial charge in [-0.2, -0.15) is 28.7 Å². The Labute approximate surface area is 179 Å². The summed E-state index contributed by atoms with van der Waals surface area (Å²) in [5.41, 5.74) is 4.89. The van der Waals surface area contributed by atoms with Gasteiger partial charge in [0.2, 0.25) is 5.95 Å². The number of halogens is 3. The molecular formula is C17H17F3N8O2S. The molecule has 1 aliphatic heterocycles. The van der Waals surface area contributed by atoms with Gasteiger partial charge in [0.1, 0.15) is 24.2 Å². The molecule has 0 spiro atoms. The molecule has 14 heteroatoms. The van der Waals surface area contributed by atoms with Crippen molar-refractivity contribution in [1.82, 2.24) is 9.55 Å². The highest BCUT2D eigenvalue weighted by Crippen LogP contribution is 2.33. The minimum Gasteiger partial charge on any atom is -0.371 e. The SMILES string of the molecule is Cn1c(NNc2ccc(N3CCCC3)cc2NOOSC(F)(F)F)nc(C#N)c1C#N. The number of nitrogens with one attached hydrogen (secondary N) is 3. The predicted octanol–water partition coefficient (Wildman–Crippen LogP) is 3.65. The predicted molar refractivity (Wildman–Crippen MR) is 107 cm³/mol. The van der Waals surface area contributed by atoms with E-state index >= 15 is 0 Å². The summed E-state index contributed by atoms with van der Waals surface area (Å²) in [4.78, 5) is 10.6. The third-order valence-corrected chi connectivity index (χ3v) is 4.73. The molecule has 0 aliphatic carbocycles. The Balaban J connectivity index is 1.75. The second-order valence-electron chi connectivity index (χ2n) is 6.37. The molecule has 0 amide bonds. The van der Waals surface area contributed by atoms with Crippen LogP contribution in [-0.2, 0) is 16.4 Å². The van der Waals surface area contributed by atoms with Gasteiger partial charge < -0.3 is 9.47 Å². The van der Waals surface area contributed by atoms with E-state index in [9.17, 15) is 13.2 Å². The zero-order valence-electron chi connectivity index (χ0n) is 16.2. The van der Waals surface area contributed by atoms with Gasteiger partial charge in [-0.25, -0.2) is 5.48 Å². The summed E-state index contributed by atoms with van der Waals surface area (Å²) in [6.45, 7) is 1.74. The van der Waals surface area contributed by atoms with E-state index in [1.807, 2.05) is 18.2 Å². The lowest BCUT2D eigenvalue weighted by atomic mass is 10.2. The van der Waals surface area contributed by atoms with Gasteiger partial charge in [-0.05, 0) is 31.0 Å². The van der Waals surface area contributed by atoms with E-state index < -0.39 is 17.6 Å². The van der Waals surface area contributed by atoms with E-state index in [2.05, 4.69) is 35.5 Å². The number of rotatable bonds is 8. The quantitative estimate of drug-likeness (QED) is 0.236. The van der Waals surface area contributed by atoms with Crippen molar-refractivity contribution < 1.29 is 22.5 Å². The van der Waals surface area contributed by atoms with Crippen LogP contribution >= 0.6 is 12.0 Å². The lowest BCUT2D eigenvalue weighted by Crippen LogP contribution is -2.19. The molecule has 0 saturated carbocycles. The molecule has 0 bridgehead atoms. The molecule has 164 valence electrons. The molecular weight excluding hydrogens is 437 g/mol. The van der Waals surface area contributed by atoms with E-state index in [1.54, 1.807) is 19.2 Å². The monoisotopic (exact) mass is 454 g/mol. The van der Waals surface area contributed by atoms with E-state index in [0.717, 1.165) is 31.6 Å². The van der Waals surface area contributed by atoms with Crippen molar-refractivity contribution in [1.29, 1.82) is 10.5 Å². The van der Waals surface area contributed by atoms with Crippen LogP contribution in [0.2, 0.25) is 0 Å². The number of hydrogen-bond donors (Lipinski definition) is 3. The van der Waals surface area contributed by atoms with E-state index in [-0.39, 0.29) is 23.0 Å². The molecule has 3 rings (SSSR count). The third-order valence-electron chi connectivity index (χ3n) is 4.40. The Morgan fingerprint density at radius 1 is 1.13 bits per heavy atom. The molecule has 3 N–H and O–H groups in total. The number of anilines is 4. The number of alkyl halides is 3. The molecule has 31 heavy (non-hydrogen) atoms. The Bertz CT molecular complexity index is 1010. The highest BCUT2D eigenvalue weighted by molar-refractivity contribution is 7.95. The Kier molecular flexibility index (Phi) is 6.96. The third kappa shape index (κ3) is 5.64. The molecule has 1 fully saturated rings. The number of hydrogen-bond acceptors (Lipinski definition) is 10. The number of imidazole rings is 1. The Morgan fingerprint density at radius 3 is 2.48 bits per heavy atom. The van der Waals surface area contributed by atoms with Crippen molar-refractivity contribution in [2.75, 3.05) is 34.3 Å². The van der Waals surface area contributed by atoms with Crippen LogP contribution < -0.4 is 21.2 Å². The lowest BCUT2D eigenvalue weighted by Gasteiger charge is -2.21. The number of hydrazine groups is 1. The van der Waals surface area contributed by atoms with E-state index in [1.165, 1.54) is 4.57 Å². The Hall–Kier alpha value is -3.33. The number of nitrogens with zero attached hydrogens (tertiary/aromatic N) is 5. The molecule has 1 aliphatic rings. The van der Waals surface area contributed by atoms with Gasteiger partial charge in [-0.3, -0.25) is 10.9 Å². The fourth-order valence-electron chi connectivity index (χ4n) is 2.95. The second kappa shape index (κ2) is 9.65. The van der Waals surface area contributed by atoms with Crippen LogP contribution in [0.15, 0.2) is 18.2 Å². The van der Waals surface area contributed by atoms with Crippen LogP contribution in [0.1, 0.15) is 24.2 Å². The van der Waals surface area contributed by atoms with Crippen LogP contribution in [0.4, 0.5) is 36.2 Å². The largest absolute Gasteiger partial charge is 0.471 e. The summed E-state index contributed by atoms with van der Waals surface area (Å²) < 4.78 is 42.1. The molecule has 1 aromatic heterocycles. The van der Waals surface area contributed by atoms with Crippen LogP contribution in [0.3, 0.4) is 0 Å². The lowest BCUT2D eigenvalue weighted by molar-refractivity contribution is -0.173.